The Morgan fingerprint density at radius 1 is 1.23 bits per heavy atom. The van der Waals surface area contributed by atoms with Crippen LogP contribution in [0.2, 0.25) is 0 Å². The van der Waals surface area contributed by atoms with Gasteiger partial charge in [0.2, 0.25) is 0 Å². The Morgan fingerprint density at radius 2 is 1.69 bits per heavy atom. The second kappa shape index (κ2) is 6.72. The zero-order valence-corrected chi connectivity index (χ0v) is 10.2. The first-order valence-corrected chi connectivity index (χ1v) is 6.42. The molecule has 0 saturated heterocycles. The van der Waals surface area contributed by atoms with Gasteiger partial charge in [0, 0.05) is 25.3 Å². The summed E-state index contributed by atoms with van der Waals surface area (Å²) in [6, 6.07) is 1.07. The van der Waals surface area contributed by atoms with Crippen molar-refractivity contribution in [1.29, 1.82) is 0 Å². The van der Waals surface area contributed by atoms with Gasteiger partial charge in [-0.2, -0.15) is 0 Å². The van der Waals surface area contributed by atoms with Crippen LogP contribution >= 0.6 is 8.38 Å². The predicted octanol–water partition coefficient (Wildman–Crippen LogP) is 2.06. The van der Waals surface area contributed by atoms with Gasteiger partial charge in [0.15, 0.2) is 8.38 Å². The maximum atomic E-state index is 8.97. The van der Waals surface area contributed by atoms with Crippen molar-refractivity contribution in [3.8, 4) is 0 Å². The zero-order chi connectivity index (χ0) is 10.4. The molecule has 0 aliphatic heterocycles. The van der Waals surface area contributed by atoms with Gasteiger partial charge >= 0.3 is 0 Å². The second-order valence-corrected chi connectivity index (χ2v) is 4.91. The molecule has 0 aromatic carbocycles. The molecule has 1 unspecified atom stereocenters. The van der Waals surface area contributed by atoms with E-state index in [1.54, 1.807) is 6.66 Å². The SMILES string of the molecule is CC(C)N(CCOP(C)O)C(C)C. The molecule has 0 aliphatic carbocycles. The lowest BCUT2D eigenvalue weighted by Gasteiger charge is -2.30. The molecule has 0 spiro atoms. The van der Waals surface area contributed by atoms with Crippen LogP contribution in [0.1, 0.15) is 27.7 Å². The van der Waals surface area contributed by atoms with Crippen LogP contribution in [0.3, 0.4) is 0 Å². The molecule has 3 nitrogen and oxygen atoms in total. The molecule has 0 aromatic heterocycles. The zero-order valence-electron chi connectivity index (χ0n) is 9.32. The van der Waals surface area contributed by atoms with Crippen LogP contribution < -0.4 is 0 Å². The summed E-state index contributed by atoms with van der Waals surface area (Å²) in [5.41, 5.74) is 0. The minimum Gasteiger partial charge on any atom is -0.350 e. The Bertz CT molecular complexity index is 121. The highest BCUT2D eigenvalue weighted by atomic mass is 31.2. The van der Waals surface area contributed by atoms with Crippen LogP contribution in [-0.4, -0.2) is 41.7 Å². The first-order valence-electron chi connectivity index (χ1n) is 4.76. The molecule has 0 bridgehead atoms. The third-order valence-corrected chi connectivity index (χ3v) is 2.51. The van der Waals surface area contributed by atoms with Crippen molar-refractivity contribution >= 4 is 8.38 Å². The lowest BCUT2D eigenvalue weighted by Crippen LogP contribution is -2.39. The number of hydrogen-bond acceptors (Lipinski definition) is 3. The predicted molar refractivity (Wildman–Crippen MR) is 58.0 cm³/mol. The van der Waals surface area contributed by atoms with Gasteiger partial charge in [0.25, 0.3) is 0 Å². The van der Waals surface area contributed by atoms with Gasteiger partial charge in [-0.25, -0.2) is 0 Å². The summed E-state index contributed by atoms with van der Waals surface area (Å²) < 4.78 is 5.15. The third-order valence-electron chi connectivity index (χ3n) is 1.95. The third kappa shape index (κ3) is 6.39. The molecular weight excluding hydrogens is 185 g/mol. The van der Waals surface area contributed by atoms with E-state index in [2.05, 4.69) is 32.6 Å². The molecule has 0 rings (SSSR count). The molecule has 1 atom stereocenters. The summed E-state index contributed by atoms with van der Waals surface area (Å²) in [4.78, 5) is 11.3. The van der Waals surface area contributed by atoms with Gasteiger partial charge in [0.05, 0.1) is 6.61 Å². The summed E-state index contributed by atoms with van der Waals surface area (Å²) in [7, 11) is -1.20. The van der Waals surface area contributed by atoms with E-state index in [1.165, 1.54) is 0 Å². The van der Waals surface area contributed by atoms with Crippen LogP contribution in [0.25, 0.3) is 0 Å². The number of nitrogens with zero attached hydrogens (tertiary/aromatic N) is 1. The van der Waals surface area contributed by atoms with Crippen molar-refractivity contribution in [1.82, 2.24) is 4.90 Å². The Balaban J connectivity index is 3.70. The minimum atomic E-state index is -1.20. The van der Waals surface area contributed by atoms with Crippen molar-refractivity contribution < 1.29 is 9.42 Å². The maximum absolute atomic E-state index is 8.97. The van der Waals surface area contributed by atoms with Gasteiger partial charge in [-0.3, -0.25) is 4.90 Å². The summed E-state index contributed by atoms with van der Waals surface area (Å²) in [5, 5.41) is 0. The standard InChI is InChI=1S/C9H22NO2P/c1-8(2)10(9(3)4)6-7-12-13(5)11/h8-9,11H,6-7H2,1-5H3. The molecule has 0 saturated carbocycles. The molecule has 0 aromatic rings. The highest BCUT2D eigenvalue weighted by molar-refractivity contribution is 7.45. The average Bonchev–Trinajstić information content (AvgIpc) is 1.95. The molecule has 4 heteroatoms. The average molecular weight is 207 g/mol. The Labute approximate surface area is 83.0 Å². The van der Waals surface area contributed by atoms with E-state index in [1.807, 2.05) is 0 Å². The van der Waals surface area contributed by atoms with E-state index in [0.717, 1.165) is 6.54 Å². The van der Waals surface area contributed by atoms with E-state index < -0.39 is 8.38 Å². The summed E-state index contributed by atoms with van der Waals surface area (Å²) >= 11 is 0. The first-order chi connectivity index (χ1) is 5.95. The van der Waals surface area contributed by atoms with Gasteiger partial charge in [-0.05, 0) is 27.7 Å². The second-order valence-electron chi connectivity index (χ2n) is 3.72. The van der Waals surface area contributed by atoms with Crippen molar-refractivity contribution in [2.45, 2.75) is 39.8 Å². The maximum Gasteiger partial charge on any atom is 0.164 e. The molecule has 0 aliphatic rings. The fraction of sp³-hybridized carbons (Fsp3) is 1.00. The van der Waals surface area contributed by atoms with Crippen LogP contribution in [0.4, 0.5) is 0 Å². The highest BCUT2D eigenvalue weighted by Gasteiger charge is 2.12. The highest BCUT2D eigenvalue weighted by Crippen LogP contribution is 2.24. The minimum absolute atomic E-state index is 0.533. The summed E-state index contributed by atoms with van der Waals surface area (Å²) in [6.07, 6.45) is 0. The van der Waals surface area contributed by atoms with Crippen LogP contribution in [0.5, 0.6) is 0 Å². The fourth-order valence-electron chi connectivity index (χ4n) is 1.39. The van der Waals surface area contributed by atoms with Crippen LogP contribution in [-0.2, 0) is 4.52 Å². The number of hydrogen-bond donors (Lipinski definition) is 1. The quantitative estimate of drug-likeness (QED) is 0.677. The number of rotatable bonds is 6. The van der Waals surface area contributed by atoms with E-state index in [9.17, 15) is 0 Å². The van der Waals surface area contributed by atoms with Crippen molar-refractivity contribution in [3.05, 3.63) is 0 Å². The van der Waals surface area contributed by atoms with Gasteiger partial charge in [-0.1, -0.05) is 0 Å². The van der Waals surface area contributed by atoms with E-state index in [0.29, 0.717) is 18.7 Å². The monoisotopic (exact) mass is 207 g/mol. The normalized spacial score (nSPS) is 14.5. The Kier molecular flexibility index (Phi) is 6.88. The van der Waals surface area contributed by atoms with E-state index >= 15 is 0 Å². The Morgan fingerprint density at radius 3 is 2.00 bits per heavy atom. The molecule has 0 fully saturated rings. The van der Waals surface area contributed by atoms with Gasteiger partial charge < -0.3 is 9.42 Å². The van der Waals surface area contributed by atoms with E-state index in [4.69, 9.17) is 9.42 Å². The van der Waals surface area contributed by atoms with Crippen molar-refractivity contribution in [2.24, 2.45) is 0 Å². The largest absolute Gasteiger partial charge is 0.350 e. The van der Waals surface area contributed by atoms with Crippen molar-refractivity contribution in [2.75, 3.05) is 19.8 Å². The molecule has 80 valence electrons. The smallest absolute Gasteiger partial charge is 0.164 e. The topological polar surface area (TPSA) is 32.7 Å². The lowest BCUT2D eigenvalue weighted by molar-refractivity contribution is 0.143. The summed E-state index contributed by atoms with van der Waals surface area (Å²) in [5.74, 6) is 0. The van der Waals surface area contributed by atoms with Crippen LogP contribution in [0, 0.1) is 0 Å². The molecule has 0 heterocycles. The fourth-order valence-corrected chi connectivity index (χ4v) is 1.74. The molecule has 13 heavy (non-hydrogen) atoms. The molecule has 0 radical (unpaired) electrons. The summed E-state index contributed by atoms with van der Waals surface area (Å²) in [6.45, 7) is 11.9. The van der Waals surface area contributed by atoms with Crippen LogP contribution in [0.15, 0.2) is 0 Å². The Hall–Kier alpha value is 0.310. The molecular formula is C9H22NO2P. The van der Waals surface area contributed by atoms with Gasteiger partial charge in [0.1, 0.15) is 0 Å². The van der Waals surface area contributed by atoms with Crippen molar-refractivity contribution in [3.63, 3.8) is 0 Å². The molecule has 0 amide bonds. The first kappa shape index (κ1) is 13.3. The molecule has 1 N–H and O–H groups in total. The lowest BCUT2D eigenvalue weighted by atomic mass is 10.2. The van der Waals surface area contributed by atoms with Gasteiger partial charge in [-0.15, -0.1) is 0 Å². The van der Waals surface area contributed by atoms with E-state index in [-0.39, 0.29) is 0 Å².